The average molecular weight is 393 g/mol. The fourth-order valence-electron chi connectivity index (χ4n) is 3.07. The summed E-state index contributed by atoms with van der Waals surface area (Å²) in [7, 11) is 1.35. The molecule has 1 amide bonds. The van der Waals surface area contributed by atoms with Crippen molar-refractivity contribution in [2.24, 2.45) is 0 Å². The molecule has 1 aliphatic rings. The number of aromatic nitrogens is 2. The van der Waals surface area contributed by atoms with E-state index in [1.807, 2.05) is 12.3 Å². The lowest BCUT2D eigenvalue weighted by Gasteiger charge is -2.20. The first kappa shape index (κ1) is 20.9. The minimum absolute atomic E-state index is 0. The topological polar surface area (TPSA) is 85.2 Å². The van der Waals surface area contributed by atoms with Crippen molar-refractivity contribution in [3.63, 3.8) is 0 Å². The van der Waals surface area contributed by atoms with Crippen LogP contribution in [0.3, 0.4) is 0 Å². The number of amides is 1. The normalized spacial score (nSPS) is 16.3. The molecular formula is C19H25ClN4O3. The van der Waals surface area contributed by atoms with Crippen LogP contribution >= 0.6 is 12.4 Å². The highest BCUT2D eigenvalue weighted by Gasteiger charge is 2.17. The molecule has 1 aromatic heterocycles. The molecule has 2 aromatic rings. The number of halogens is 1. The molecule has 27 heavy (non-hydrogen) atoms. The Morgan fingerprint density at radius 3 is 2.74 bits per heavy atom. The minimum Gasteiger partial charge on any atom is -0.465 e. The standard InChI is InChI=1S/C19H24N4O3.ClH/c1-26-19(25)15-6-4-14(5-7-15)11-21-18(24)13-23-10-8-17(22-23)16-3-2-9-20-12-16;/h4-8,10,16,20H,2-3,9,11-13H2,1H3,(H,21,24);1H. The van der Waals surface area contributed by atoms with Crippen LogP contribution in [-0.4, -0.2) is 41.9 Å². The third-order valence-electron chi connectivity index (χ3n) is 4.55. The molecule has 8 heteroatoms. The zero-order valence-corrected chi connectivity index (χ0v) is 16.1. The van der Waals surface area contributed by atoms with Gasteiger partial charge in [0.25, 0.3) is 0 Å². The Kier molecular flexibility index (Phi) is 7.82. The Morgan fingerprint density at radius 1 is 1.30 bits per heavy atom. The number of rotatable bonds is 6. The fourth-order valence-corrected chi connectivity index (χ4v) is 3.07. The highest BCUT2D eigenvalue weighted by atomic mass is 35.5. The number of piperidine rings is 1. The summed E-state index contributed by atoms with van der Waals surface area (Å²) >= 11 is 0. The number of methoxy groups -OCH3 is 1. The van der Waals surface area contributed by atoms with E-state index in [1.54, 1.807) is 28.9 Å². The van der Waals surface area contributed by atoms with Crippen LogP contribution in [0.5, 0.6) is 0 Å². The van der Waals surface area contributed by atoms with Gasteiger partial charge in [0, 0.05) is 25.2 Å². The summed E-state index contributed by atoms with van der Waals surface area (Å²) in [6.07, 6.45) is 4.15. The summed E-state index contributed by atoms with van der Waals surface area (Å²) in [5.74, 6) is -0.0388. The van der Waals surface area contributed by atoms with Gasteiger partial charge in [0.2, 0.25) is 5.91 Å². The molecule has 146 valence electrons. The number of esters is 1. The lowest BCUT2D eigenvalue weighted by atomic mass is 9.97. The van der Waals surface area contributed by atoms with Gasteiger partial charge in [-0.05, 0) is 43.1 Å². The first-order valence-electron chi connectivity index (χ1n) is 8.83. The second kappa shape index (κ2) is 10.1. The Bertz CT molecular complexity index is 755. The molecule has 1 atom stereocenters. The van der Waals surface area contributed by atoms with Crippen molar-refractivity contribution in [1.29, 1.82) is 0 Å². The largest absolute Gasteiger partial charge is 0.465 e. The van der Waals surface area contributed by atoms with Crippen molar-refractivity contribution in [2.45, 2.75) is 31.8 Å². The van der Waals surface area contributed by atoms with Gasteiger partial charge in [0.1, 0.15) is 6.54 Å². The van der Waals surface area contributed by atoms with Crippen LogP contribution in [-0.2, 0) is 22.6 Å². The van der Waals surface area contributed by atoms with Crippen LogP contribution in [0.2, 0.25) is 0 Å². The molecule has 2 heterocycles. The van der Waals surface area contributed by atoms with Gasteiger partial charge in [-0.2, -0.15) is 5.10 Å². The van der Waals surface area contributed by atoms with E-state index in [4.69, 9.17) is 0 Å². The number of carbonyl (C=O) groups excluding carboxylic acids is 2. The second-order valence-electron chi connectivity index (χ2n) is 6.45. The quantitative estimate of drug-likeness (QED) is 0.733. The highest BCUT2D eigenvalue weighted by Crippen LogP contribution is 2.21. The van der Waals surface area contributed by atoms with Crippen molar-refractivity contribution < 1.29 is 14.3 Å². The highest BCUT2D eigenvalue weighted by molar-refractivity contribution is 5.89. The van der Waals surface area contributed by atoms with Crippen LogP contribution in [0, 0.1) is 0 Å². The SMILES string of the molecule is COC(=O)c1ccc(CNC(=O)Cn2ccc(C3CCCNC3)n2)cc1.Cl. The molecule has 7 nitrogen and oxygen atoms in total. The van der Waals surface area contributed by atoms with E-state index in [9.17, 15) is 9.59 Å². The van der Waals surface area contributed by atoms with E-state index in [1.165, 1.54) is 7.11 Å². The first-order chi connectivity index (χ1) is 12.7. The summed E-state index contributed by atoms with van der Waals surface area (Å²) in [4.78, 5) is 23.5. The maximum Gasteiger partial charge on any atom is 0.337 e. The molecule has 0 spiro atoms. The summed E-state index contributed by atoms with van der Waals surface area (Å²) in [6.45, 7) is 2.62. The Morgan fingerprint density at radius 2 is 2.07 bits per heavy atom. The Balaban J connectivity index is 0.00000261. The van der Waals surface area contributed by atoms with Gasteiger partial charge in [0.15, 0.2) is 0 Å². The molecule has 1 fully saturated rings. The molecule has 0 radical (unpaired) electrons. The Labute approximate surface area is 164 Å². The van der Waals surface area contributed by atoms with E-state index in [0.717, 1.165) is 37.2 Å². The van der Waals surface area contributed by atoms with E-state index >= 15 is 0 Å². The molecule has 3 rings (SSSR count). The summed E-state index contributed by atoms with van der Waals surface area (Å²) in [5.41, 5.74) is 2.45. The third-order valence-corrected chi connectivity index (χ3v) is 4.55. The molecule has 2 N–H and O–H groups in total. The minimum atomic E-state index is -0.372. The number of benzene rings is 1. The molecular weight excluding hydrogens is 368 g/mol. The van der Waals surface area contributed by atoms with Gasteiger partial charge in [0.05, 0.1) is 18.4 Å². The predicted octanol–water partition coefficient (Wildman–Crippen LogP) is 1.87. The van der Waals surface area contributed by atoms with E-state index in [2.05, 4.69) is 20.5 Å². The number of carbonyl (C=O) groups is 2. The molecule has 1 unspecified atom stereocenters. The lowest BCUT2D eigenvalue weighted by Crippen LogP contribution is -2.29. The monoisotopic (exact) mass is 392 g/mol. The van der Waals surface area contributed by atoms with Crippen molar-refractivity contribution in [3.05, 3.63) is 53.3 Å². The van der Waals surface area contributed by atoms with E-state index in [0.29, 0.717) is 18.0 Å². The molecule has 1 aliphatic heterocycles. The predicted molar refractivity (Wildman–Crippen MR) is 104 cm³/mol. The molecule has 0 aliphatic carbocycles. The van der Waals surface area contributed by atoms with Gasteiger partial charge in [-0.15, -0.1) is 12.4 Å². The van der Waals surface area contributed by atoms with Gasteiger partial charge < -0.3 is 15.4 Å². The fraction of sp³-hybridized carbons (Fsp3) is 0.421. The van der Waals surface area contributed by atoms with Gasteiger partial charge in [-0.25, -0.2) is 4.79 Å². The van der Waals surface area contributed by atoms with Crippen LogP contribution in [0.25, 0.3) is 0 Å². The molecule has 0 saturated carbocycles. The second-order valence-corrected chi connectivity index (χ2v) is 6.45. The van der Waals surface area contributed by atoms with E-state index in [-0.39, 0.29) is 30.8 Å². The smallest absolute Gasteiger partial charge is 0.337 e. The Hall–Kier alpha value is -2.38. The van der Waals surface area contributed by atoms with Gasteiger partial charge >= 0.3 is 5.97 Å². The van der Waals surface area contributed by atoms with E-state index < -0.39 is 0 Å². The number of hydrogen-bond acceptors (Lipinski definition) is 5. The number of nitrogens with zero attached hydrogens (tertiary/aromatic N) is 2. The number of ether oxygens (including phenoxy) is 1. The zero-order valence-electron chi connectivity index (χ0n) is 15.3. The molecule has 1 saturated heterocycles. The lowest BCUT2D eigenvalue weighted by molar-refractivity contribution is -0.122. The number of nitrogens with one attached hydrogen (secondary N) is 2. The van der Waals surface area contributed by atoms with Crippen LogP contribution < -0.4 is 10.6 Å². The molecule has 1 aromatic carbocycles. The van der Waals surface area contributed by atoms with Gasteiger partial charge in [-0.1, -0.05) is 12.1 Å². The summed E-state index contributed by atoms with van der Waals surface area (Å²) in [5, 5.41) is 10.8. The van der Waals surface area contributed by atoms with Crippen molar-refractivity contribution in [3.8, 4) is 0 Å². The van der Waals surface area contributed by atoms with Crippen molar-refractivity contribution in [2.75, 3.05) is 20.2 Å². The maximum atomic E-state index is 12.1. The first-order valence-corrected chi connectivity index (χ1v) is 8.83. The van der Waals surface area contributed by atoms with Crippen molar-refractivity contribution >= 4 is 24.3 Å². The number of hydrogen-bond donors (Lipinski definition) is 2. The summed E-state index contributed by atoms with van der Waals surface area (Å²) in [6, 6.07) is 8.97. The van der Waals surface area contributed by atoms with Gasteiger partial charge in [-0.3, -0.25) is 9.48 Å². The van der Waals surface area contributed by atoms with Crippen molar-refractivity contribution in [1.82, 2.24) is 20.4 Å². The van der Waals surface area contributed by atoms with Crippen LogP contribution in [0.4, 0.5) is 0 Å². The summed E-state index contributed by atoms with van der Waals surface area (Å²) < 4.78 is 6.34. The van der Waals surface area contributed by atoms with Crippen LogP contribution in [0.1, 0.15) is 40.4 Å². The van der Waals surface area contributed by atoms with Crippen LogP contribution in [0.15, 0.2) is 36.5 Å². The zero-order chi connectivity index (χ0) is 18.4. The molecule has 0 bridgehead atoms. The third kappa shape index (κ3) is 5.80. The maximum absolute atomic E-state index is 12.1. The average Bonchev–Trinajstić information content (AvgIpc) is 3.15.